The van der Waals surface area contributed by atoms with Crippen LogP contribution in [0.25, 0.3) is 0 Å². The van der Waals surface area contributed by atoms with E-state index in [-0.39, 0.29) is 29.7 Å². The number of sulfonamides is 1. The van der Waals surface area contributed by atoms with Crippen molar-refractivity contribution in [2.45, 2.75) is 49.1 Å². The van der Waals surface area contributed by atoms with Gasteiger partial charge >= 0.3 is 0 Å². The number of anilines is 1. The molecule has 16 heteroatoms. The zero-order valence-corrected chi connectivity index (χ0v) is 27.1. The normalized spacial score (nSPS) is 30.6. The highest BCUT2D eigenvalue weighted by Crippen LogP contribution is 2.57. The molecule has 6 atom stereocenters. The lowest BCUT2D eigenvalue weighted by Crippen LogP contribution is -2.85. The van der Waals surface area contributed by atoms with Crippen LogP contribution in [0.1, 0.15) is 41.8 Å². The van der Waals surface area contributed by atoms with Crippen LogP contribution in [0.2, 0.25) is 0 Å². The Morgan fingerprint density at radius 2 is 1.76 bits per heavy atom. The minimum absolute atomic E-state index is 0.0590. The van der Waals surface area contributed by atoms with Crippen LogP contribution in [0.5, 0.6) is 5.75 Å². The summed E-state index contributed by atoms with van der Waals surface area (Å²) >= 11 is 0. The second-order valence-corrected chi connectivity index (χ2v) is 15.2. The summed E-state index contributed by atoms with van der Waals surface area (Å²) < 4.78 is 26.5. The number of carbonyl (C=O) groups is 5. The van der Waals surface area contributed by atoms with E-state index in [1.54, 1.807) is 25.1 Å². The summed E-state index contributed by atoms with van der Waals surface area (Å²) in [7, 11) is 2.53. The number of ketones is 4. The number of rotatable bonds is 6. The van der Waals surface area contributed by atoms with Gasteiger partial charge < -0.3 is 27.2 Å². The summed E-state index contributed by atoms with van der Waals surface area (Å²) in [6.45, 7) is 2.68. The largest absolute Gasteiger partial charge is 0.506 e. The van der Waals surface area contributed by atoms with E-state index >= 15 is 0 Å². The van der Waals surface area contributed by atoms with E-state index < -0.39 is 90.9 Å². The van der Waals surface area contributed by atoms with Crippen LogP contribution in [0.3, 0.4) is 0 Å². The summed E-state index contributed by atoms with van der Waals surface area (Å²) in [5.41, 5.74) is 12.4. The van der Waals surface area contributed by atoms with Gasteiger partial charge in [0.05, 0.1) is 40.6 Å². The molecule has 0 saturated heterocycles. The molecule has 3 aliphatic carbocycles. The molecule has 46 heavy (non-hydrogen) atoms. The van der Waals surface area contributed by atoms with Crippen molar-refractivity contribution in [3.8, 4) is 23.7 Å². The van der Waals surface area contributed by atoms with Gasteiger partial charge in [-0.2, -0.15) is 5.26 Å². The molecule has 8 N–H and O–H groups in total. The Morgan fingerprint density at radius 1 is 1.15 bits per heavy atom. The van der Waals surface area contributed by atoms with E-state index in [2.05, 4.69) is 16.6 Å². The van der Waals surface area contributed by atoms with Gasteiger partial charge in [-0.3, -0.25) is 28.9 Å². The highest BCUT2D eigenvalue weighted by atomic mass is 32.2. The van der Waals surface area contributed by atoms with Gasteiger partial charge in [-0.1, -0.05) is 11.8 Å². The number of benzene rings is 1. The van der Waals surface area contributed by atoms with Crippen molar-refractivity contribution in [2.75, 3.05) is 39.6 Å². The monoisotopic (exact) mass is 655 g/mol. The Kier molecular flexibility index (Phi) is 8.48. The Bertz CT molecular complexity index is 1800. The number of Topliss-reactive ketones (excluding diaryl/α,β-unsaturated/α-hetero) is 4. The molecule has 0 bridgehead atoms. The van der Waals surface area contributed by atoms with E-state index in [9.17, 15) is 42.8 Å². The number of hydrogen-bond acceptors (Lipinski definition) is 13. The Balaban J connectivity index is 1.94. The lowest BCUT2D eigenvalue weighted by Gasteiger charge is -2.60. The summed E-state index contributed by atoms with van der Waals surface area (Å²) in [4.78, 5) is 71.5. The zero-order valence-electron chi connectivity index (χ0n) is 26.3. The number of likely N-dealkylation sites (N-methyl/N-ethyl adjacent to an activating group) is 1. The van der Waals surface area contributed by atoms with Crippen LogP contribution < -0.4 is 26.8 Å². The minimum atomic E-state index is -3.63. The number of hydrogen-bond donors (Lipinski definition) is 5. The smallest absolute Gasteiger partial charge is 0.235 e. The number of carbonyl (C=O) groups excluding carboxylic acids is 5. The van der Waals surface area contributed by atoms with Crippen molar-refractivity contribution in [1.82, 2.24) is 9.62 Å². The highest BCUT2D eigenvalue weighted by molar-refractivity contribution is 7.90. The first kappa shape index (κ1) is 34.7. The van der Waals surface area contributed by atoms with E-state index in [1.807, 2.05) is 0 Å². The molecule has 0 aromatic heterocycles. The lowest BCUT2D eigenvalue weighted by atomic mass is 9.42. The number of fused-ring (bicyclic) bond motifs is 3. The second kappa shape index (κ2) is 11.3. The van der Waals surface area contributed by atoms with Crippen LogP contribution in [0, 0.1) is 40.4 Å². The quantitative estimate of drug-likeness (QED) is 0.158. The number of phenolic OH excluding ortho intramolecular Hbond substituents is 1. The van der Waals surface area contributed by atoms with Crippen molar-refractivity contribution in [1.29, 1.82) is 5.26 Å². The average molecular weight is 656 g/mol. The van der Waals surface area contributed by atoms with Crippen molar-refractivity contribution in [3.63, 3.8) is 0 Å². The maximum Gasteiger partial charge on any atom is 0.235 e. The van der Waals surface area contributed by atoms with E-state index in [4.69, 9.17) is 17.2 Å². The SMILES string of the molecule is CC(C)S(=O)(=O)NCC#Cc1cc(N(C)C)c2c(c1O)C(=O)C1C(=O)[C@]3(C#N)C(=O)C(C(N)=O)C(=O)[C@@H](N(C)C)[C@]3(N)C[C@]1(N)C2. The number of nitrogens with zero attached hydrogens (tertiary/aromatic N) is 3. The molecule has 0 aliphatic heterocycles. The van der Waals surface area contributed by atoms with E-state index in [0.717, 1.165) is 0 Å². The topological polar surface area (TPSA) is 260 Å². The molecule has 0 spiro atoms. The fraction of sp³-hybridized carbons (Fsp3) is 0.533. The van der Waals surface area contributed by atoms with Gasteiger partial charge in [0.25, 0.3) is 0 Å². The molecule has 3 aliphatic rings. The molecular formula is C30H37N7O8S. The van der Waals surface area contributed by atoms with Crippen molar-refractivity contribution < 1.29 is 37.5 Å². The molecule has 246 valence electrons. The number of primary amides is 1. The molecule has 4 rings (SSSR count). The maximum absolute atomic E-state index is 14.5. The third kappa shape index (κ3) is 4.71. The molecule has 15 nitrogen and oxygen atoms in total. The number of nitrogens with one attached hydrogen (secondary N) is 1. The van der Waals surface area contributed by atoms with Gasteiger partial charge in [-0.15, -0.1) is 0 Å². The first-order valence-corrected chi connectivity index (χ1v) is 15.8. The molecule has 1 aromatic carbocycles. The van der Waals surface area contributed by atoms with E-state index in [0.29, 0.717) is 5.69 Å². The third-order valence-electron chi connectivity index (χ3n) is 9.25. The molecule has 2 unspecified atom stereocenters. The molecule has 2 fully saturated rings. The molecular weight excluding hydrogens is 618 g/mol. The number of nitrogens with two attached hydrogens (primary N) is 3. The first-order chi connectivity index (χ1) is 21.1. The predicted octanol–water partition coefficient (Wildman–Crippen LogP) is -2.45. The Labute approximate surface area is 266 Å². The summed E-state index contributed by atoms with van der Waals surface area (Å²) in [5, 5.41) is 21.2. The summed E-state index contributed by atoms with van der Waals surface area (Å²) in [6.07, 6.45) is -0.776. The summed E-state index contributed by atoms with van der Waals surface area (Å²) in [6, 6.07) is 1.63. The van der Waals surface area contributed by atoms with Crippen molar-refractivity contribution in [3.05, 3.63) is 22.8 Å². The first-order valence-electron chi connectivity index (χ1n) is 14.3. The van der Waals surface area contributed by atoms with Gasteiger partial charge in [0.2, 0.25) is 15.9 Å². The Hall–Kier alpha value is -4.19. The van der Waals surface area contributed by atoms with E-state index in [1.165, 1.54) is 38.9 Å². The third-order valence-corrected chi connectivity index (χ3v) is 11.0. The number of phenols is 1. The van der Waals surface area contributed by atoms with Crippen molar-refractivity contribution >= 4 is 44.8 Å². The molecule has 2 saturated carbocycles. The zero-order chi connectivity index (χ0) is 34.9. The Morgan fingerprint density at radius 3 is 2.26 bits per heavy atom. The van der Waals surface area contributed by atoms with Gasteiger partial charge in [0.1, 0.15) is 11.7 Å². The van der Waals surface area contributed by atoms with Crippen LogP contribution in [-0.2, 0) is 35.6 Å². The average Bonchev–Trinajstić information content (AvgIpc) is 2.90. The minimum Gasteiger partial charge on any atom is -0.506 e. The highest BCUT2D eigenvalue weighted by Gasteiger charge is 2.78. The summed E-state index contributed by atoms with van der Waals surface area (Å²) in [5.74, 6) is -5.47. The van der Waals surface area contributed by atoms with Crippen LogP contribution in [-0.4, -0.2) is 105 Å². The molecule has 0 radical (unpaired) electrons. The number of amides is 1. The second-order valence-electron chi connectivity index (χ2n) is 12.9. The fourth-order valence-corrected chi connectivity index (χ4v) is 7.80. The number of nitriles is 1. The van der Waals surface area contributed by atoms with Crippen LogP contribution in [0.15, 0.2) is 6.07 Å². The van der Waals surface area contributed by atoms with Crippen LogP contribution in [0.4, 0.5) is 5.69 Å². The number of aromatic hydroxyl groups is 1. The van der Waals surface area contributed by atoms with Crippen molar-refractivity contribution in [2.24, 2.45) is 34.5 Å². The predicted molar refractivity (Wildman–Crippen MR) is 165 cm³/mol. The van der Waals surface area contributed by atoms with Crippen LogP contribution >= 0.6 is 0 Å². The molecule has 1 amide bonds. The van der Waals surface area contributed by atoms with Gasteiger partial charge in [-0.05, 0) is 52.4 Å². The van der Waals surface area contributed by atoms with Gasteiger partial charge in [0.15, 0.2) is 34.5 Å². The molecule has 1 aromatic rings. The maximum atomic E-state index is 14.5. The molecule has 0 heterocycles. The standard InChI is InChI=1S/C30H37N7O8S/c1-14(2)46(44,45)35-9-7-8-15-10-17(36(3)4)16-11-28(33)12-30(34)24(37(5)6)23(40)19(27(32)43)25(41)29(30,13-31)26(42)20(28)22(39)18(16)21(15)38/h10,14,19-20,24,35,38H,9,11-12,33-34H2,1-6H3,(H2,32,43)/t19?,20?,24-,28-,29+,30-/m1/s1. The lowest BCUT2D eigenvalue weighted by molar-refractivity contribution is -0.166. The van der Waals surface area contributed by atoms with Gasteiger partial charge in [0, 0.05) is 25.3 Å². The fourth-order valence-electron chi connectivity index (χ4n) is 7.19. The van der Waals surface area contributed by atoms with Gasteiger partial charge in [-0.25, -0.2) is 13.1 Å².